The van der Waals surface area contributed by atoms with Crippen molar-refractivity contribution in [3.8, 4) is 0 Å². The van der Waals surface area contributed by atoms with Crippen LogP contribution in [0, 0.1) is 6.92 Å². The summed E-state index contributed by atoms with van der Waals surface area (Å²) in [5.41, 5.74) is 7.14. The number of hydrogen-bond donors (Lipinski definition) is 3. The first kappa shape index (κ1) is 13.2. The quantitative estimate of drug-likeness (QED) is 0.717. The lowest BCUT2D eigenvalue weighted by atomic mass is 10.1. The smallest absolute Gasteiger partial charge is 0.318 e. The largest absolute Gasteiger partial charge is 0.351 e. The standard InChI is InChI=1S/C12H17N3O2/c1-8-5-3-4-6-10(8)7-14-9(2)11(16)15-12(13)17/h3-6,9,14H,7H2,1-2H3,(H3,13,15,16,17). The van der Waals surface area contributed by atoms with Gasteiger partial charge in [0.05, 0.1) is 6.04 Å². The monoisotopic (exact) mass is 235 g/mol. The van der Waals surface area contributed by atoms with Crippen LogP contribution in [0.1, 0.15) is 18.1 Å². The lowest BCUT2D eigenvalue weighted by Gasteiger charge is -2.13. The van der Waals surface area contributed by atoms with E-state index in [2.05, 4.69) is 5.32 Å². The van der Waals surface area contributed by atoms with E-state index in [9.17, 15) is 9.59 Å². The molecule has 0 aliphatic heterocycles. The molecule has 0 aromatic heterocycles. The van der Waals surface area contributed by atoms with Crippen LogP contribution in [0.25, 0.3) is 0 Å². The molecule has 0 fully saturated rings. The van der Waals surface area contributed by atoms with Crippen molar-refractivity contribution in [1.29, 1.82) is 0 Å². The summed E-state index contributed by atoms with van der Waals surface area (Å²) in [4.78, 5) is 21.9. The van der Waals surface area contributed by atoms with E-state index in [4.69, 9.17) is 5.73 Å². The number of carbonyl (C=O) groups excluding carboxylic acids is 2. The Balaban J connectivity index is 2.48. The number of aryl methyl sites for hydroxylation is 1. The van der Waals surface area contributed by atoms with E-state index >= 15 is 0 Å². The van der Waals surface area contributed by atoms with Crippen LogP contribution in [0.2, 0.25) is 0 Å². The van der Waals surface area contributed by atoms with Crippen LogP contribution < -0.4 is 16.4 Å². The van der Waals surface area contributed by atoms with E-state index in [1.165, 1.54) is 0 Å². The summed E-state index contributed by atoms with van der Waals surface area (Å²) in [7, 11) is 0. The van der Waals surface area contributed by atoms with Gasteiger partial charge in [0.15, 0.2) is 0 Å². The molecule has 1 aromatic rings. The number of carbonyl (C=O) groups is 2. The van der Waals surface area contributed by atoms with Gasteiger partial charge >= 0.3 is 6.03 Å². The molecule has 1 rings (SSSR count). The van der Waals surface area contributed by atoms with Crippen molar-refractivity contribution in [2.24, 2.45) is 5.73 Å². The summed E-state index contributed by atoms with van der Waals surface area (Å²) in [6.07, 6.45) is 0. The Kier molecular flexibility index (Phi) is 4.66. The highest BCUT2D eigenvalue weighted by Crippen LogP contribution is 2.06. The van der Waals surface area contributed by atoms with Crippen molar-refractivity contribution in [3.63, 3.8) is 0 Å². The summed E-state index contributed by atoms with van der Waals surface area (Å²) in [6.45, 7) is 4.25. The van der Waals surface area contributed by atoms with Gasteiger partial charge in [-0.3, -0.25) is 10.1 Å². The van der Waals surface area contributed by atoms with Crippen molar-refractivity contribution in [2.45, 2.75) is 26.4 Å². The first-order valence-electron chi connectivity index (χ1n) is 5.39. The second kappa shape index (κ2) is 6.00. The van der Waals surface area contributed by atoms with Gasteiger partial charge in [-0.15, -0.1) is 0 Å². The van der Waals surface area contributed by atoms with Gasteiger partial charge in [0, 0.05) is 6.54 Å². The van der Waals surface area contributed by atoms with Crippen LogP contribution in [-0.4, -0.2) is 18.0 Å². The van der Waals surface area contributed by atoms with Crippen molar-refractivity contribution < 1.29 is 9.59 Å². The maximum atomic E-state index is 11.4. The van der Waals surface area contributed by atoms with Gasteiger partial charge in [-0.25, -0.2) is 4.79 Å². The molecule has 4 N–H and O–H groups in total. The van der Waals surface area contributed by atoms with Gasteiger partial charge in [0.25, 0.3) is 0 Å². The molecule has 0 aliphatic rings. The van der Waals surface area contributed by atoms with Crippen molar-refractivity contribution in [1.82, 2.24) is 10.6 Å². The van der Waals surface area contributed by atoms with E-state index in [-0.39, 0.29) is 0 Å². The van der Waals surface area contributed by atoms with Crippen LogP contribution in [0.3, 0.4) is 0 Å². The molecule has 0 bridgehead atoms. The molecule has 1 unspecified atom stereocenters. The van der Waals surface area contributed by atoms with Crippen LogP contribution in [-0.2, 0) is 11.3 Å². The number of amides is 3. The average Bonchev–Trinajstić information content (AvgIpc) is 2.26. The number of primary amides is 1. The zero-order valence-corrected chi connectivity index (χ0v) is 9.99. The maximum absolute atomic E-state index is 11.4. The second-order valence-corrected chi connectivity index (χ2v) is 3.88. The fourth-order valence-corrected chi connectivity index (χ4v) is 1.39. The Morgan fingerprint density at radius 3 is 2.59 bits per heavy atom. The second-order valence-electron chi connectivity index (χ2n) is 3.88. The highest BCUT2D eigenvalue weighted by Gasteiger charge is 2.13. The lowest BCUT2D eigenvalue weighted by molar-refractivity contribution is -0.121. The molecule has 17 heavy (non-hydrogen) atoms. The average molecular weight is 235 g/mol. The van der Waals surface area contributed by atoms with Crippen LogP contribution >= 0.6 is 0 Å². The molecule has 1 atom stereocenters. The fraction of sp³-hybridized carbons (Fsp3) is 0.333. The minimum absolute atomic E-state index is 0.425. The minimum atomic E-state index is -0.834. The van der Waals surface area contributed by atoms with Gasteiger partial charge in [-0.2, -0.15) is 0 Å². The van der Waals surface area contributed by atoms with E-state index in [1.54, 1.807) is 6.92 Å². The van der Waals surface area contributed by atoms with Crippen LogP contribution in [0.15, 0.2) is 24.3 Å². The van der Waals surface area contributed by atoms with E-state index in [1.807, 2.05) is 36.5 Å². The number of nitrogens with one attached hydrogen (secondary N) is 2. The summed E-state index contributed by atoms with van der Waals surface area (Å²) < 4.78 is 0. The van der Waals surface area contributed by atoms with Crippen molar-refractivity contribution >= 4 is 11.9 Å². The van der Waals surface area contributed by atoms with Gasteiger partial charge in [-0.1, -0.05) is 24.3 Å². The number of imide groups is 1. The molecule has 92 valence electrons. The molecule has 3 amide bonds. The molecule has 0 spiro atoms. The summed E-state index contributed by atoms with van der Waals surface area (Å²) >= 11 is 0. The Hall–Kier alpha value is -1.88. The zero-order valence-electron chi connectivity index (χ0n) is 9.99. The Labute approximate surface area is 100 Å². The molecule has 5 nitrogen and oxygen atoms in total. The zero-order chi connectivity index (χ0) is 12.8. The Morgan fingerprint density at radius 2 is 2.00 bits per heavy atom. The number of urea groups is 1. The fourth-order valence-electron chi connectivity index (χ4n) is 1.39. The summed E-state index contributed by atoms with van der Waals surface area (Å²) in [5, 5.41) is 5.06. The molecular weight excluding hydrogens is 218 g/mol. The molecule has 0 saturated carbocycles. The lowest BCUT2D eigenvalue weighted by Crippen LogP contribution is -2.46. The number of rotatable bonds is 4. The Morgan fingerprint density at radius 1 is 1.35 bits per heavy atom. The third-order valence-corrected chi connectivity index (χ3v) is 2.50. The van der Waals surface area contributed by atoms with E-state index < -0.39 is 18.0 Å². The van der Waals surface area contributed by atoms with Crippen molar-refractivity contribution in [3.05, 3.63) is 35.4 Å². The molecule has 0 saturated heterocycles. The topological polar surface area (TPSA) is 84.2 Å². The first-order valence-corrected chi connectivity index (χ1v) is 5.39. The molecule has 5 heteroatoms. The van der Waals surface area contributed by atoms with Gasteiger partial charge in [-0.05, 0) is 25.0 Å². The number of nitrogens with two attached hydrogens (primary N) is 1. The minimum Gasteiger partial charge on any atom is -0.351 e. The third kappa shape index (κ3) is 4.24. The highest BCUT2D eigenvalue weighted by atomic mass is 16.2. The van der Waals surface area contributed by atoms with E-state index in [0.29, 0.717) is 6.54 Å². The van der Waals surface area contributed by atoms with Crippen LogP contribution in [0.5, 0.6) is 0 Å². The van der Waals surface area contributed by atoms with Gasteiger partial charge in [0.1, 0.15) is 0 Å². The van der Waals surface area contributed by atoms with E-state index in [0.717, 1.165) is 11.1 Å². The first-order chi connectivity index (χ1) is 8.00. The van der Waals surface area contributed by atoms with Crippen molar-refractivity contribution in [2.75, 3.05) is 0 Å². The Bertz CT molecular complexity index is 418. The number of benzene rings is 1. The highest BCUT2D eigenvalue weighted by molar-refractivity contribution is 5.96. The third-order valence-electron chi connectivity index (χ3n) is 2.50. The van der Waals surface area contributed by atoms with Crippen LogP contribution in [0.4, 0.5) is 4.79 Å². The van der Waals surface area contributed by atoms with Gasteiger partial charge < -0.3 is 11.1 Å². The molecule has 0 heterocycles. The molecule has 0 radical (unpaired) electrons. The predicted molar refractivity (Wildman–Crippen MR) is 65.2 cm³/mol. The SMILES string of the molecule is Cc1ccccc1CNC(C)C(=O)NC(N)=O. The molecular formula is C12H17N3O2. The molecule has 0 aliphatic carbocycles. The number of hydrogen-bond acceptors (Lipinski definition) is 3. The van der Waals surface area contributed by atoms with Gasteiger partial charge in [0.2, 0.25) is 5.91 Å². The maximum Gasteiger partial charge on any atom is 0.318 e. The predicted octanol–water partition coefficient (Wildman–Crippen LogP) is 0.668. The summed E-state index contributed by atoms with van der Waals surface area (Å²) in [6, 6.07) is 6.59. The summed E-state index contributed by atoms with van der Waals surface area (Å²) in [5.74, 6) is -0.425. The normalized spacial score (nSPS) is 11.9. The molecule has 1 aromatic carbocycles.